The summed E-state index contributed by atoms with van der Waals surface area (Å²) in [5.74, 6) is 0. The van der Waals surface area contributed by atoms with E-state index in [2.05, 4.69) is 5.32 Å². The van der Waals surface area contributed by atoms with Crippen molar-refractivity contribution in [1.82, 2.24) is 0 Å². The molecule has 0 aliphatic rings. The fourth-order valence-electron chi connectivity index (χ4n) is 1.63. The quantitative estimate of drug-likeness (QED) is 0.422. The predicted octanol–water partition coefficient (Wildman–Crippen LogP) is 1.57. The van der Waals surface area contributed by atoms with Crippen LogP contribution in [-0.2, 0) is 14.2 Å². The highest BCUT2D eigenvalue weighted by Crippen LogP contribution is 2.19. The first-order chi connectivity index (χ1) is 10.8. The van der Waals surface area contributed by atoms with Gasteiger partial charge in [-0.25, -0.2) is 0 Å². The van der Waals surface area contributed by atoms with Crippen LogP contribution in [0.2, 0.25) is 5.02 Å². The predicted molar refractivity (Wildman–Crippen MR) is 86.8 cm³/mol. The first-order valence-electron chi connectivity index (χ1n) is 7.20. The Balaban J connectivity index is 1.97. The minimum absolute atomic E-state index is 0.436. The Morgan fingerprint density at radius 1 is 1.05 bits per heavy atom. The number of rotatable bonds is 13. The fourth-order valence-corrected chi connectivity index (χ4v) is 1.85. The van der Waals surface area contributed by atoms with Crippen molar-refractivity contribution in [2.45, 2.75) is 0 Å². The second kappa shape index (κ2) is 12.4. The van der Waals surface area contributed by atoms with E-state index in [0.717, 1.165) is 12.0 Å². The maximum absolute atomic E-state index is 10.6. The number of carbonyl (C=O) groups is 1. The van der Waals surface area contributed by atoms with Crippen molar-refractivity contribution in [1.29, 1.82) is 0 Å². The Labute approximate surface area is 135 Å². The summed E-state index contributed by atoms with van der Waals surface area (Å²) in [5, 5.41) is 3.60. The zero-order valence-electron chi connectivity index (χ0n) is 12.6. The number of benzene rings is 1. The van der Waals surface area contributed by atoms with E-state index < -0.39 is 0 Å². The molecule has 0 bridgehead atoms. The van der Waals surface area contributed by atoms with Crippen molar-refractivity contribution in [3.8, 4) is 0 Å². The summed E-state index contributed by atoms with van der Waals surface area (Å²) in [7, 11) is 0. The third kappa shape index (κ3) is 8.31. The lowest BCUT2D eigenvalue weighted by Crippen LogP contribution is -2.15. The number of anilines is 1. The van der Waals surface area contributed by atoms with Crippen molar-refractivity contribution in [2.24, 2.45) is 5.73 Å². The van der Waals surface area contributed by atoms with E-state index in [9.17, 15) is 4.79 Å². The minimum atomic E-state index is 0.436. The number of aldehydes is 1. The van der Waals surface area contributed by atoms with E-state index in [-0.39, 0.29) is 0 Å². The zero-order chi connectivity index (χ0) is 16.0. The van der Waals surface area contributed by atoms with E-state index in [0.29, 0.717) is 63.3 Å². The van der Waals surface area contributed by atoms with Crippen LogP contribution in [0, 0.1) is 0 Å². The first-order valence-corrected chi connectivity index (χ1v) is 7.57. The maximum atomic E-state index is 10.6. The van der Waals surface area contributed by atoms with Gasteiger partial charge in [-0.1, -0.05) is 11.6 Å². The summed E-state index contributed by atoms with van der Waals surface area (Å²) in [4.78, 5) is 10.6. The molecule has 1 aromatic carbocycles. The molecule has 124 valence electrons. The molecule has 0 aromatic heterocycles. The summed E-state index contributed by atoms with van der Waals surface area (Å²) in [6, 6.07) is 5.20. The number of carbonyl (C=O) groups excluding carboxylic acids is 1. The SMILES string of the molecule is NCCOCCOCCOCCNc1ccc(C=O)c(Cl)c1. The number of halogens is 1. The fraction of sp³-hybridized carbons (Fsp3) is 0.533. The normalized spacial score (nSPS) is 10.6. The number of nitrogens with one attached hydrogen (secondary N) is 1. The highest BCUT2D eigenvalue weighted by atomic mass is 35.5. The van der Waals surface area contributed by atoms with Crippen molar-refractivity contribution in [3.63, 3.8) is 0 Å². The van der Waals surface area contributed by atoms with Gasteiger partial charge in [0.15, 0.2) is 6.29 Å². The summed E-state index contributed by atoms with van der Waals surface area (Å²) < 4.78 is 15.9. The van der Waals surface area contributed by atoms with Crippen LogP contribution in [0.4, 0.5) is 5.69 Å². The van der Waals surface area contributed by atoms with Crippen molar-refractivity contribution >= 4 is 23.6 Å². The van der Waals surface area contributed by atoms with Gasteiger partial charge in [0.2, 0.25) is 0 Å². The van der Waals surface area contributed by atoms with Crippen LogP contribution in [-0.4, -0.2) is 59.0 Å². The molecule has 0 aliphatic carbocycles. The van der Waals surface area contributed by atoms with Crippen LogP contribution >= 0.6 is 11.6 Å². The van der Waals surface area contributed by atoms with E-state index >= 15 is 0 Å². The molecule has 22 heavy (non-hydrogen) atoms. The van der Waals surface area contributed by atoms with Crippen LogP contribution in [0.15, 0.2) is 18.2 Å². The lowest BCUT2D eigenvalue weighted by atomic mass is 10.2. The molecule has 0 radical (unpaired) electrons. The highest BCUT2D eigenvalue weighted by Gasteiger charge is 2.00. The molecule has 0 unspecified atom stereocenters. The summed E-state index contributed by atoms with van der Waals surface area (Å²) in [6.45, 7) is 4.45. The van der Waals surface area contributed by atoms with Gasteiger partial charge in [-0.05, 0) is 18.2 Å². The summed E-state index contributed by atoms with van der Waals surface area (Å²) in [5.41, 5.74) is 6.62. The van der Waals surface area contributed by atoms with Gasteiger partial charge in [0.05, 0.1) is 44.7 Å². The van der Waals surface area contributed by atoms with Crippen LogP contribution in [0.25, 0.3) is 0 Å². The molecule has 7 heteroatoms. The Morgan fingerprint density at radius 3 is 2.27 bits per heavy atom. The van der Waals surface area contributed by atoms with Crippen molar-refractivity contribution in [2.75, 3.05) is 58.0 Å². The standard InChI is InChI=1S/C15H23ClN2O4/c16-15-11-14(2-1-13(15)12-19)18-4-6-21-8-10-22-9-7-20-5-3-17/h1-2,11-12,18H,3-10,17H2. The molecule has 0 spiro atoms. The average molecular weight is 331 g/mol. The van der Waals surface area contributed by atoms with E-state index in [1.807, 2.05) is 0 Å². The van der Waals surface area contributed by atoms with Gasteiger partial charge < -0.3 is 25.3 Å². The molecule has 1 aromatic rings. The van der Waals surface area contributed by atoms with Crippen LogP contribution in [0.1, 0.15) is 10.4 Å². The van der Waals surface area contributed by atoms with Gasteiger partial charge >= 0.3 is 0 Å². The number of nitrogens with two attached hydrogens (primary N) is 1. The molecule has 0 saturated heterocycles. The number of hydrogen-bond acceptors (Lipinski definition) is 6. The second-order valence-corrected chi connectivity index (χ2v) is 4.81. The number of hydrogen-bond donors (Lipinski definition) is 2. The summed E-state index contributed by atoms with van der Waals surface area (Å²) in [6.07, 6.45) is 0.732. The lowest BCUT2D eigenvalue weighted by molar-refractivity contribution is 0.0179. The van der Waals surface area contributed by atoms with Gasteiger partial charge in [0.25, 0.3) is 0 Å². The van der Waals surface area contributed by atoms with E-state index in [1.54, 1.807) is 18.2 Å². The molecule has 0 aliphatic heterocycles. The Hall–Kier alpha value is -1.18. The third-order valence-electron chi connectivity index (χ3n) is 2.71. The molecule has 3 N–H and O–H groups in total. The van der Waals surface area contributed by atoms with Crippen LogP contribution in [0.3, 0.4) is 0 Å². The molecule has 0 saturated carbocycles. The van der Waals surface area contributed by atoms with E-state index in [1.165, 1.54) is 0 Å². The number of ether oxygens (including phenoxy) is 3. The van der Waals surface area contributed by atoms with Crippen molar-refractivity contribution < 1.29 is 19.0 Å². The van der Waals surface area contributed by atoms with E-state index in [4.69, 9.17) is 31.5 Å². The van der Waals surface area contributed by atoms with Gasteiger partial charge in [-0.15, -0.1) is 0 Å². The molecule has 0 amide bonds. The average Bonchev–Trinajstić information content (AvgIpc) is 2.53. The highest BCUT2D eigenvalue weighted by molar-refractivity contribution is 6.33. The Bertz CT molecular complexity index is 432. The molecule has 0 atom stereocenters. The van der Waals surface area contributed by atoms with Gasteiger partial charge in [-0.2, -0.15) is 0 Å². The summed E-state index contributed by atoms with van der Waals surface area (Å²) >= 11 is 5.94. The van der Waals surface area contributed by atoms with Crippen LogP contribution < -0.4 is 11.1 Å². The molecule has 0 heterocycles. The third-order valence-corrected chi connectivity index (χ3v) is 3.04. The first kappa shape index (κ1) is 18.9. The maximum Gasteiger partial charge on any atom is 0.151 e. The largest absolute Gasteiger partial charge is 0.383 e. The van der Waals surface area contributed by atoms with Crippen LogP contribution in [0.5, 0.6) is 0 Å². The Morgan fingerprint density at radius 2 is 1.68 bits per heavy atom. The van der Waals surface area contributed by atoms with Crippen molar-refractivity contribution in [3.05, 3.63) is 28.8 Å². The monoisotopic (exact) mass is 330 g/mol. The van der Waals surface area contributed by atoms with Gasteiger partial charge in [0.1, 0.15) is 0 Å². The molecule has 1 rings (SSSR count). The molecule has 6 nitrogen and oxygen atoms in total. The minimum Gasteiger partial charge on any atom is -0.383 e. The zero-order valence-corrected chi connectivity index (χ0v) is 13.3. The second-order valence-electron chi connectivity index (χ2n) is 4.41. The van der Waals surface area contributed by atoms with Gasteiger partial charge in [-0.3, -0.25) is 4.79 Å². The molecular weight excluding hydrogens is 308 g/mol. The molecule has 0 fully saturated rings. The topological polar surface area (TPSA) is 82.8 Å². The smallest absolute Gasteiger partial charge is 0.151 e. The van der Waals surface area contributed by atoms with Gasteiger partial charge in [0, 0.05) is 24.3 Å². The molecular formula is C15H23ClN2O4. The lowest BCUT2D eigenvalue weighted by Gasteiger charge is -2.09. The Kier molecular flexibility index (Phi) is 10.6.